The van der Waals surface area contributed by atoms with E-state index in [2.05, 4.69) is 32.6 Å². The number of ether oxygens (including phenoxy) is 1. The number of ketones is 1. The summed E-state index contributed by atoms with van der Waals surface area (Å²) in [5, 5.41) is 11.4. The zero-order valence-corrected chi connectivity index (χ0v) is 21.4. The van der Waals surface area contributed by atoms with Gasteiger partial charge in [-0.2, -0.15) is 0 Å². The summed E-state index contributed by atoms with van der Waals surface area (Å²) in [4.78, 5) is 30.4. The summed E-state index contributed by atoms with van der Waals surface area (Å²) in [6.07, 6.45) is 0.821. The molecule has 0 radical (unpaired) electrons. The number of rotatable bonds is 8. The molecule has 2 aliphatic rings. The monoisotopic (exact) mass is 476 g/mol. The predicted octanol–water partition coefficient (Wildman–Crippen LogP) is 4.90. The van der Waals surface area contributed by atoms with Crippen LogP contribution in [0.15, 0.2) is 48.0 Å². The van der Waals surface area contributed by atoms with Crippen molar-refractivity contribution in [1.82, 2.24) is 9.80 Å². The van der Waals surface area contributed by atoms with E-state index in [1.165, 1.54) is 5.56 Å². The van der Waals surface area contributed by atoms with E-state index in [1.807, 2.05) is 43.3 Å². The third-order valence-corrected chi connectivity index (χ3v) is 7.18. The molecule has 2 aromatic carbocycles. The fourth-order valence-corrected chi connectivity index (χ4v) is 5.03. The third-order valence-electron chi connectivity index (χ3n) is 7.18. The van der Waals surface area contributed by atoms with Crippen molar-refractivity contribution < 1.29 is 19.4 Å². The van der Waals surface area contributed by atoms with Gasteiger partial charge in [0.25, 0.3) is 11.7 Å². The Morgan fingerprint density at radius 1 is 1.11 bits per heavy atom. The van der Waals surface area contributed by atoms with Crippen LogP contribution in [0.4, 0.5) is 0 Å². The van der Waals surface area contributed by atoms with Gasteiger partial charge in [0.05, 0.1) is 11.6 Å². The van der Waals surface area contributed by atoms with Crippen molar-refractivity contribution in [3.05, 3.63) is 70.3 Å². The lowest BCUT2D eigenvalue weighted by Gasteiger charge is -2.28. The van der Waals surface area contributed by atoms with Crippen molar-refractivity contribution in [2.45, 2.75) is 59.1 Å². The van der Waals surface area contributed by atoms with Gasteiger partial charge in [0.2, 0.25) is 0 Å². The summed E-state index contributed by atoms with van der Waals surface area (Å²) in [6.45, 7) is 13.2. The molecule has 4 rings (SSSR count). The van der Waals surface area contributed by atoms with Gasteiger partial charge in [0.15, 0.2) is 0 Å². The van der Waals surface area contributed by atoms with Gasteiger partial charge in [0, 0.05) is 25.1 Å². The second kappa shape index (κ2) is 10.2. The number of hydrogen-bond donors (Lipinski definition) is 1. The minimum atomic E-state index is -0.634. The van der Waals surface area contributed by atoms with Gasteiger partial charge in [-0.15, -0.1) is 0 Å². The largest absolute Gasteiger partial charge is 0.507 e. The number of Topliss-reactive ketones (excluding diaryl/α,β-unsaturated/α-hetero) is 1. The molecule has 6 heteroatoms. The lowest BCUT2D eigenvalue weighted by molar-refractivity contribution is -0.140. The van der Waals surface area contributed by atoms with Crippen molar-refractivity contribution in [2.75, 3.05) is 26.2 Å². The van der Waals surface area contributed by atoms with Gasteiger partial charge in [-0.25, -0.2) is 0 Å². The quantitative estimate of drug-likeness (QED) is 0.334. The van der Waals surface area contributed by atoms with Crippen LogP contribution < -0.4 is 4.74 Å². The molecule has 1 N–H and O–H groups in total. The molecule has 2 aromatic rings. The molecule has 186 valence electrons. The average molecular weight is 477 g/mol. The first-order valence-corrected chi connectivity index (χ1v) is 12.7. The first kappa shape index (κ1) is 25.0. The van der Waals surface area contributed by atoms with E-state index in [9.17, 15) is 14.7 Å². The molecule has 0 spiro atoms. The maximum Gasteiger partial charge on any atom is 0.295 e. The van der Waals surface area contributed by atoms with Gasteiger partial charge in [-0.1, -0.05) is 52.0 Å². The SMILES string of the molecule is CCN(CC)CCN1C(=O)C(=O)C(=C(O)c2ccc3c(c2)C[C@@H](C)O3)[C@@H]1c1ccc(C(C)C)cc1. The van der Waals surface area contributed by atoms with E-state index in [0.29, 0.717) is 24.6 Å². The van der Waals surface area contributed by atoms with Crippen LogP contribution in [0.1, 0.15) is 68.8 Å². The number of hydrogen-bond acceptors (Lipinski definition) is 5. The van der Waals surface area contributed by atoms with Crippen molar-refractivity contribution in [3.63, 3.8) is 0 Å². The number of likely N-dealkylation sites (tertiary alicyclic amines) is 1. The molecule has 0 aromatic heterocycles. The minimum absolute atomic E-state index is 0.0764. The molecule has 35 heavy (non-hydrogen) atoms. The van der Waals surface area contributed by atoms with Crippen LogP contribution in [0.2, 0.25) is 0 Å². The summed E-state index contributed by atoms with van der Waals surface area (Å²) in [5.41, 5.74) is 3.69. The summed E-state index contributed by atoms with van der Waals surface area (Å²) in [6, 6.07) is 12.9. The van der Waals surface area contributed by atoms with Gasteiger partial charge in [0.1, 0.15) is 17.6 Å². The lowest BCUT2D eigenvalue weighted by Crippen LogP contribution is -2.38. The zero-order valence-electron chi connectivity index (χ0n) is 21.4. The molecule has 2 heterocycles. The normalized spacial score (nSPS) is 21.2. The Bertz CT molecular complexity index is 1130. The highest BCUT2D eigenvalue weighted by atomic mass is 16.5. The minimum Gasteiger partial charge on any atom is -0.507 e. The van der Waals surface area contributed by atoms with Crippen LogP contribution in [0.3, 0.4) is 0 Å². The fourth-order valence-electron chi connectivity index (χ4n) is 5.03. The topological polar surface area (TPSA) is 70.1 Å². The van der Waals surface area contributed by atoms with Crippen molar-refractivity contribution >= 4 is 17.4 Å². The fraction of sp³-hybridized carbons (Fsp3) is 0.448. The Balaban J connectivity index is 1.78. The zero-order chi connectivity index (χ0) is 25.3. The maximum atomic E-state index is 13.3. The molecule has 1 saturated heterocycles. The smallest absolute Gasteiger partial charge is 0.295 e. The number of likely N-dealkylation sites (N-methyl/N-ethyl adjacent to an activating group) is 1. The van der Waals surface area contributed by atoms with Gasteiger partial charge >= 0.3 is 0 Å². The van der Waals surface area contributed by atoms with E-state index in [1.54, 1.807) is 11.0 Å². The molecule has 0 aliphatic carbocycles. The second-order valence-corrected chi connectivity index (χ2v) is 9.80. The standard InChI is InChI=1S/C29H36N2O4/c1-6-30(7-2)14-15-31-26(21-10-8-20(9-11-21)18(3)4)25(28(33)29(31)34)27(32)22-12-13-24-23(17-22)16-19(5)35-24/h8-13,17-19,26,32H,6-7,14-16H2,1-5H3/t19-,26+/m1/s1. The van der Waals surface area contributed by atoms with E-state index in [0.717, 1.165) is 36.4 Å². The van der Waals surface area contributed by atoms with E-state index >= 15 is 0 Å². The molecular weight excluding hydrogens is 440 g/mol. The predicted molar refractivity (Wildman–Crippen MR) is 138 cm³/mol. The Morgan fingerprint density at radius 2 is 1.80 bits per heavy atom. The number of aliphatic hydroxyl groups excluding tert-OH is 1. The molecule has 0 unspecified atom stereocenters. The number of aliphatic hydroxyl groups is 1. The highest BCUT2D eigenvalue weighted by Crippen LogP contribution is 2.40. The van der Waals surface area contributed by atoms with E-state index in [4.69, 9.17) is 4.74 Å². The highest BCUT2D eigenvalue weighted by molar-refractivity contribution is 6.46. The van der Waals surface area contributed by atoms with Crippen LogP contribution in [0.5, 0.6) is 5.75 Å². The number of benzene rings is 2. The van der Waals surface area contributed by atoms with Crippen LogP contribution >= 0.6 is 0 Å². The number of nitrogens with zero attached hydrogens (tertiary/aromatic N) is 2. The van der Waals surface area contributed by atoms with Crippen molar-refractivity contribution in [1.29, 1.82) is 0 Å². The number of amides is 1. The second-order valence-electron chi connectivity index (χ2n) is 9.80. The molecule has 2 aliphatic heterocycles. The maximum absolute atomic E-state index is 13.3. The highest BCUT2D eigenvalue weighted by Gasteiger charge is 2.46. The lowest BCUT2D eigenvalue weighted by atomic mass is 9.92. The van der Waals surface area contributed by atoms with Crippen LogP contribution in [-0.4, -0.2) is 58.9 Å². The molecule has 1 fully saturated rings. The molecule has 0 saturated carbocycles. The number of fused-ring (bicyclic) bond motifs is 1. The van der Waals surface area contributed by atoms with Gasteiger partial charge in [-0.3, -0.25) is 9.59 Å². The first-order valence-electron chi connectivity index (χ1n) is 12.7. The van der Waals surface area contributed by atoms with Crippen molar-refractivity contribution in [2.24, 2.45) is 0 Å². The molecule has 6 nitrogen and oxygen atoms in total. The Morgan fingerprint density at radius 3 is 2.43 bits per heavy atom. The third kappa shape index (κ3) is 4.85. The Labute approximate surface area is 208 Å². The number of carbonyl (C=O) groups is 2. The average Bonchev–Trinajstić information content (AvgIpc) is 3.35. The summed E-state index contributed by atoms with van der Waals surface area (Å²) >= 11 is 0. The van der Waals surface area contributed by atoms with E-state index < -0.39 is 17.7 Å². The summed E-state index contributed by atoms with van der Waals surface area (Å²) < 4.78 is 5.79. The van der Waals surface area contributed by atoms with E-state index in [-0.39, 0.29) is 17.4 Å². The molecule has 0 bridgehead atoms. The van der Waals surface area contributed by atoms with Crippen LogP contribution in [0, 0.1) is 0 Å². The first-order chi connectivity index (χ1) is 16.7. The number of carbonyl (C=O) groups excluding carboxylic acids is 2. The summed E-state index contributed by atoms with van der Waals surface area (Å²) in [5.74, 6) is -0.155. The van der Waals surface area contributed by atoms with Crippen LogP contribution in [-0.2, 0) is 16.0 Å². The van der Waals surface area contributed by atoms with Crippen molar-refractivity contribution in [3.8, 4) is 5.75 Å². The summed E-state index contributed by atoms with van der Waals surface area (Å²) in [7, 11) is 0. The van der Waals surface area contributed by atoms with Gasteiger partial charge in [-0.05, 0) is 60.8 Å². The Hall–Kier alpha value is -3.12. The van der Waals surface area contributed by atoms with Crippen LogP contribution in [0.25, 0.3) is 5.76 Å². The molecular formula is C29H36N2O4. The molecule has 1 amide bonds. The Kier molecular flexibility index (Phi) is 7.31. The molecule has 2 atom stereocenters. The van der Waals surface area contributed by atoms with Gasteiger partial charge < -0.3 is 19.6 Å².